The van der Waals surface area contributed by atoms with E-state index in [1.165, 1.54) is 11.5 Å². The Morgan fingerprint density at radius 1 is 1.50 bits per heavy atom. The van der Waals surface area contributed by atoms with Crippen LogP contribution in [0.4, 0.5) is 0 Å². The van der Waals surface area contributed by atoms with Crippen molar-refractivity contribution >= 4 is 23.4 Å². The molecule has 0 saturated heterocycles. The molecule has 0 radical (unpaired) electrons. The summed E-state index contributed by atoms with van der Waals surface area (Å²) in [7, 11) is 0. The van der Waals surface area contributed by atoms with Gasteiger partial charge in [-0.15, -0.1) is 5.10 Å². The molecule has 0 aliphatic heterocycles. The van der Waals surface area contributed by atoms with Gasteiger partial charge in [-0.05, 0) is 31.4 Å². The highest BCUT2D eigenvalue weighted by atomic mass is 32.1. The highest BCUT2D eigenvalue weighted by molar-refractivity contribution is 7.05. The standard InChI is InChI=1S/C11H13N5O3S/c1-3-19-11(18)9-13-8(14-15-9)5-12-10(17)7-4-6(2)20-16-7/h4H,3,5H2,1-2H3,(H,12,17)(H,13,14,15). The third kappa shape index (κ3) is 3.38. The maximum Gasteiger partial charge on any atom is 0.378 e. The normalized spacial score (nSPS) is 10.3. The van der Waals surface area contributed by atoms with Gasteiger partial charge in [-0.25, -0.2) is 9.78 Å². The molecule has 0 fully saturated rings. The van der Waals surface area contributed by atoms with Crippen LogP contribution in [0.3, 0.4) is 0 Å². The van der Waals surface area contributed by atoms with Crippen molar-refractivity contribution in [3.05, 3.63) is 28.3 Å². The minimum atomic E-state index is -0.601. The van der Waals surface area contributed by atoms with Crippen molar-refractivity contribution in [1.29, 1.82) is 0 Å². The number of aromatic nitrogens is 4. The van der Waals surface area contributed by atoms with Gasteiger partial charge in [0, 0.05) is 4.88 Å². The number of esters is 1. The number of hydrogen-bond acceptors (Lipinski definition) is 7. The molecule has 2 N–H and O–H groups in total. The van der Waals surface area contributed by atoms with Crippen molar-refractivity contribution in [2.45, 2.75) is 20.4 Å². The molecule has 1 amide bonds. The summed E-state index contributed by atoms with van der Waals surface area (Å²) in [4.78, 5) is 28.0. The van der Waals surface area contributed by atoms with Crippen LogP contribution >= 0.6 is 11.5 Å². The van der Waals surface area contributed by atoms with E-state index < -0.39 is 5.97 Å². The second-order valence-corrected chi connectivity index (χ2v) is 4.84. The average Bonchev–Trinajstić information content (AvgIpc) is 3.05. The molecule has 2 heterocycles. The number of nitrogens with one attached hydrogen (secondary N) is 2. The maximum atomic E-state index is 11.8. The Hall–Kier alpha value is -2.29. The van der Waals surface area contributed by atoms with Crippen LogP contribution in [0.5, 0.6) is 0 Å². The fourth-order valence-corrected chi connectivity index (χ4v) is 1.93. The lowest BCUT2D eigenvalue weighted by molar-refractivity contribution is 0.0512. The van der Waals surface area contributed by atoms with E-state index in [9.17, 15) is 9.59 Å². The summed E-state index contributed by atoms with van der Waals surface area (Å²) in [5.41, 5.74) is 0.359. The molecule has 0 aliphatic rings. The molecule has 2 aromatic rings. The van der Waals surface area contributed by atoms with Gasteiger partial charge < -0.3 is 10.1 Å². The van der Waals surface area contributed by atoms with Gasteiger partial charge in [-0.2, -0.15) is 4.37 Å². The van der Waals surface area contributed by atoms with Gasteiger partial charge in [0.15, 0.2) is 0 Å². The first kappa shape index (κ1) is 14.1. The molecular formula is C11H13N5O3S. The number of rotatable bonds is 5. The van der Waals surface area contributed by atoms with E-state index in [2.05, 4.69) is 24.9 Å². The lowest BCUT2D eigenvalue weighted by Crippen LogP contribution is -2.23. The number of nitrogens with zero attached hydrogens (tertiary/aromatic N) is 3. The second kappa shape index (κ2) is 6.24. The van der Waals surface area contributed by atoms with E-state index in [0.717, 1.165) is 4.88 Å². The van der Waals surface area contributed by atoms with Gasteiger partial charge in [-0.3, -0.25) is 9.89 Å². The van der Waals surface area contributed by atoms with Crippen LogP contribution in [0.25, 0.3) is 0 Å². The molecular weight excluding hydrogens is 282 g/mol. The predicted octanol–water partition coefficient (Wildman–Crippen LogP) is 0.676. The molecule has 2 rings (SSSR count). The van der Waals surface area contributed by atoms with Crippen molar-refractivity contribution in [1.82, 2.24) is 24.9 Å². The molecule has 106 valence electrons. The van der Waals surface area contributed by atoms with Crippen LogP contribution in [0.1, 0.15) is 38.7 Å². The SMILES string of the molecule is CCOC(=O)c1n[nH]c(CNC(=O)c2cc(C)sn2)n1. The fourth-order valence-electron chi connectivity index (χ4n) is 1.39. The Morgan fingerprint density at radius 2 is 2.30 bits per heavy atom. The summed E-state index contributed by atoms with van der Waals surface area (Å²) in [5.74, 6) is -0.589. The van der Waals surface area contributed by atoms with E-state index in [-0.39, 0.29) is 24.9 Å². The van der Waals surface area contributed by atoms with Crippen LogP contribution in [-0.2, 0) is 11.3 Å². The van der Waals surface area contributed by atoms with Crippen LogP contribution in [0, 0.1) is 6.92 Å². The molecule has 8 nitrogen and oxygen atoms in total. The van der Waals surface area contributed by atoms with E-state index in [0.29, 0.717) is 11.5 Å². The first-order valence-electron chi connectivity index (χ1n) is 5.90. The van der Waals surface area contributed by atoms with Crippen LogP contribution in [-0.4, -0.2) is 38.0 Å². The quantitative estimate of drug-likeness (QED) is 0.785. The summed E-state index contributed by atoms with van der Waals surface area (Å²) in [6.07, 6.45) is 0. The van der Waals surface area contributed by atoms with E-state index in [1.807, 2.05) is 6.92 Å². The number of aromatic amines is 1. The molecule has 0 bridgehead atoms. The predicted molar refractivity (Wildman–Crippen MR) is 70.4 cm³/mol. The molecule has 2 aromatic heterocycles. The lowest BCUT2D eigenvalue weighted by atomic mass is 10.3. The molecule has 0 aromatic carbocycles. The minimum Gasteiger partial charge on any atom is -0.460 e. The highest BCUT2D eigenvalue weighted by Crippen LogP contribution is 2.07. The number of carbonyl (C=O) groups excluding carboxylic acids is 2. The van der Waals surface area contributed by atoms with Gasteiger partial charge in [0.05, 0.1) is 13.2 Å². The third-order valence-electron chi connectivity index (χ3n) is 2.27. The zero-order valence-electron chi connectivity index (χ0n) is 11.0. The number of carbonyl (C=O) groups is 2. The fraction of sp³-hybridized carbons (Fsp3) is 0.364. The van der Waals surface area contributed by atoms with Crippen molar-refractivity contribution in [2.24, 2.45) is 0 Å². The highest BCUT2D eigenvalue weighted by Gasteiger charge is 2.14. The van der Waals surface area contributed by atoms with Crippen LogP contribution in [0.2, 0.25) is 0 Å². The largest absolute Gasteiger partial charge is 0.460 e. The van der Waals surface area contributed by atoms with Crippen molar-refractivity contribution in [3.63, 3.8) is 0 Å². The van der Waals surface area contributed by atoms with Crippen LogP contribution in [0.15, 0.2) is 6.07 Å². The first-order valence-corrected chi connectivity index (χ1v) is 6.67. The Kier molecular flexibility index (Phi) is 4.41. The molecule has 0 unspecified atom stereocenters. The zero-order chi connectivity index (χ0) is 14.5. The number of H-pyrrole nitrogens is 1. The topological polar surface area (TPSA) is 110 Å². The van der Waals surface area contributed by atoms with Crippen molar-refractivity contribution < 1.29 is 14.3 Å². The Bertz CT molecular complexity index is 621. The van der Waals surface area contributed by atoms with Gasteiger partial charge in [0.1, 0.15) is 11.5 Å². The Labute approximate surface area is 118 Å². The zero-order valence-corrected chi connectivity index (χ0v) is 11.8. The average molecular weight is 295 g/mol. The van der Waals surface area contributed by atoms with Gasteiger partial charge >= 0.3 is 5.97 Å². The molecule has 20 heavy (non-hydrogen) atoms. The summed E-state index contributed by atoms with van der Waals surface area (Å²) in [6.45, 7) is 3.95. The molecule has 0 spiro atoms. The van der Waals surface area contributed by atoms with Crippen molar-refractivity contribution in [2.75, 3.05) is 6.61 Å². The van der Waals surface area contributed by atoms with Gasteiger partial charge in [-0.1, -0.05) is 0 Å². The lowest BCUT2D eigenvalue weighted by Gasteiger charge is -1.99. The van der Waals surface area contributed by atoms with Gasteiger partial charge in [0.2, 0.25) is 0 Å². The summed E-state index contributed by atoms with van der Waals surface area (Å²) in [6, 6.07) is 1.70. The molecule has 0 atom stereocenters. The number of amides is 1. The second-order valence-electron chi connectivity index (χ2n) is 3.83. The number of ether oxygens (including phenoxy) is 1. The molecule has 9 heteroatoms. The summed E-state index contributed by atoms with van der Waals surface area (Å²) >= 11 is 1.26. The minimum absolute atomic E-state index is 0.0550. The first-order chi connectivity index (χ1) is 9.60. The van der Waals surface area contributed by atoms with E-state index in [1.54, 1.807) is 13.0 Å². The van der Waals surface area contributed by atoms with Crippen LogP contribution < -0.4 is 5.32 Å². The number of hydrogen-bond donors (Lipinski definition) is 2. The summed E-state index contributed by atoms with van der Waals surface area (Å²) in [5, 5.41) is 8.91. The Balaban J connectivity index is 1.91. The monoisotopic (exact) mass is 295 g/mol. The van der Waals surface area contributed by atoms with E-state index >= 15 is 0 Å². The maximum absolute atomic E-state index is 11.8. The number of aryl methyl sites for hydroxylation is 1. The van der Waals surface area contributed by atoms with Crippen molar-refractivity contribution in [3.8, 4) is 0 Å². The molecule has 0 aliphatic carbocycles. The molecule has 0 saturated carbocycles. The van der Waals surface area contributed by atoms with Gasteiger partial charge in [0.25, 0.3) is 11.7 Å². The third-order valence-corrected chi connectivity index (χ3v) is 2.96. The summed E-state index contributed by atoms with van der Waals surface area (Å²) < 4.78 is 8.75. The smallest absolute Gasteiger partial charge is 0.378 e. The Morgan fingerprint density at radius 3 is 2.95 bits per heavy atom. The van der Waals surface area contributed by atoms with E-state index in [4.69, 9.17) is 4.74 Å².